The van der Waals surface area contributed by atoms with Crippen LogP contribution < -0.4 is 9.47 Å². The Morgan fingerprint density at radius 3 is 1.56 bits per heavy atom. The van der Waals surface area contributed by atoms with Crippen LogP contribution in [0.3, 0.4) is 0 Å². The van der Waals surface area contributed by atoms with Gasteiger partial charge in [-0.1, -0.05) is 0 Å². The van der Waals surface area contributed by atoms with E-state index in [0.717, 1.165) is 68.3 Å². The SMILES string of the molecule is COc1ccc(-c2nc(CO)c(COC3CCCCO3)o2)cc1.COc1ccc(-c2nc(COS(C)(=O)=O)c(COC3CCCCO3)o2)cc1. The van der Waals surface area contributed by atoms with Crippen LogP contribution in [0.1, 0.15) is 61.4 Å². The fraction of sp³-hybridized carbons (Fsp3) is 0.486. The van der Waals surface area contributed by atoms with Gasteiger partial charge in [0.05, 0.1) is 27.1 Å². The van der Waals surface area contributed by atoms with Crippen LogP contribution in [0.5, 0.6) is 11.5 Å². The number of benzene rings is 2. The third-order valence-corrected chi connectivity index (χ3v) is 8.41. The standard InChI is InChI=1S/C18H23NO7S.C17H21NO5/c1-22-14-8-6-13(7-9-14)18-19-15(11-25-27(2,20)21)16(26-18)12-24-17-5-3-4-10-23-17;1-20-13-7-5-12(6-8-13)17-18-14(10-19)15(23-17)11-22-16-4-2-3-9-21-16/h6-9,17H,3-5,10-12H2,1-2H3;5-8,16,19H,2-4,9-11H2,1H3. The van der Waals surface area contributed by atoms with Gasteiger partial charge in [-0.25, -0.2) is 9.97 Å². The zero-order valence-corrected chi connectivity index (χ0v) is 29.3. The van der Waals surface area contributed by atoms with E-state index >= 15 is 0 Å². The van der Waals surface area contributed by atoms with Crippen molar-refractivity contribution in [2.24, 2.45) is 0 Å². The summed E-state index contributed by atoms with van der Waals surface area (Å²) in [6.07, 6.45) is 6.43. The Morgan fingerprint density at radius 2 is 1.16 bits per heavy atom. The van der Waals surface area contributed by atoms with Crippen molar-refractivity contribution in [1.29, 1.82) is 0 Å². The summed E-state index contributed by atoms with van der Waals surface area (Å²) in [6, 6.07) is 14.6. The fourth-order valence-corrected chi connectivity index (χ4v) is 5.45. The fourth-order valence-electron chi connectivity index (χ4n) is 5.13. The van der Waals surface area contributed by atoms with Crippen molar-refractivity contribution in [2.75, 3.05) is 33.7 Å². The molecule has 50 heavy (non-hydrogen) atoms. The van der Waals surface area contributed by atoms with Gasteiger partial charge < -0.3 is 42.4 Å². The van der Waals surface area contributed by atoms with Crippen molar-refractivity contribution in [3.05, 3.63) is 71.4 Å². The summed E-state index contributed by atoms with van der Waals surface area (Å²) in [5.41, 5.74) is 2.42. The first-order valence-electron chi connectivity index (χ1n) is 16.4. The number of aromatic nitrogens is 2. The normalized spacial score (nSPS) is 17.9. The lowest BCUT2D eigenvalue weighted by atomic mass is 10.2. The summed E-state index contributed by atoms with van der Waals surface area (Å²) in [7, 11) is -0.398. The first-order valence-corrected chi connectivity index (χ1v) is 18.2. The van der Waals surface area contributed by atoms with E-state index in [-0.39, 0.29) is 39.0 Å². The van der Waals surface area contributed by atoms with Crippen molar-refractivity contribution >= 4 is 10.1 Å². The lowest BCUT2D eigenvalue weighted by Gasteiger charge is -2.22. The summed E-state index contributed by atoms with van der Waals surface area (Å²) in [5.74, 6) is 3.24. The van der Waals surface area contributed by atoms with E-state index < -0.39 is 10.1 Å². The predicted molar refractivity (Wildman–Crippen MR) is 179 cm³/mol. The van der Waals surface area contributed by atoms with Gasteiger partial charge in [0.1, 0.15) is 42.7 Å². The van der Waals surface area contributed by atoms with Gasteiger partial charge in [-0.3, -0.25) is 4.18 Å². The van der Waals surface area contributed by atoms with E-state index in [4.69, 9.17) is 41.4 Å². The molecule has 4 aromatic rings. The summed E-state index contributed by atoms with van der Waals surface area (Å²) < 4.78 is 71.9. The molecule has 2 unspecified atom stereocenters. The van der Waals surface area contributed by atoms with Crippen LogP contribution in [0.2, 0.25) is 0 Å². The Morgan fingerprint density at radius 1 is 0.700 bits per heavy atom. The highest BCUT2D eigenvalue weighted by Crippen LogP contribution is 2.28. The molecule has 2 saturated heterocycles. The maximum absolute atomic E-state index is 11.3. The Bertz CT molecular complexity index is 1710. The highest BCUT2D eigenvalue weighted by atomic mass is 32.2. The van der Waals surface area contributed by atoms with Gasteiger partial charge >= 0.3 is 0 Å². The maximum Gasteiger partial charge on any atom is 0.264 e. The summed E-state index contributed by atoms with van der Waals surface area (Å²) in [4.78, 5) is 8.72. The van der Waals surface area contributed by atoms with Gasteiger partial charge in [0, 0.05) is 24.3 Å². The number of hydrogen-bond acceptors (Lipinski definition) is 14. The molecule has 2 fully saturated rings. The Balaban J connectivity index is 0.000000197. The van der Waals surface area contributed by atoms with Crippen LogP contribution in [-0.4, -0.2) is 69.8 Å². The molecular formula is C35H44N2O12S. The quantitative estimate of drug-likeness (QED) is 0.156. The van der Waals surface area contributed by atoms with Gasteiger partial charge in [-0.2, -0.15) is 8.42 Å². The van der Waals surface area contributed by atoms with Crippen LogP contribution in [-0.2, 0) is 59.7 Å². The Kier molecular flexibility index (Phi) is 13.8. The molecule has 0 aliphatic carbocycles. The van der Waals surface area contributed by atoms with Crippen molar-refractivity contribution in [3.8, 4) is 34.4 Å². The predicted octanol–water partition coefficient (Wildman–Crippen LogP) is 5.76. The largest absolute Gasteiger partial charge is 0.497 e. The molecule has 0 amide bonds. The zero-order valence-electron chi connectivity index (χ0n) is 28.5. The van der Waals surface area contributed by atoms with Crippen molar-refractivity contribution in [1.82, 2.24) is 9.97 Å². The molecule has 4 heterocycles. The number of hydrogen-bond donors (Lipinski definition) is 1. The van der Waals surface area contributed by atoms with Crippen LogP contribution >= 0.6 is 0 Å². The second kappa shape index (κ2) is 18.4. The summed E-state index contributed by atoms with van der Waals surface area (Å²) in [5, 5.41) is 9.47. The number of aliphatic hydroxyl groups excluding tert-OH is 1. The van der Waals surface area contributed by atoms with Crippen molar-refractivity contribution in [2.45, 2.75) is 77.5 Å². The van der Waals surface area contributed by atoms with Crippen LogP contribution in [0.15, 0.2) is 57.4 Å². The lowest BCUT2D eigenvalue weighted by molar-refractivity contribution is -0.171. The molecule has 2 atom stereocenters. The van der Waals surface area contributed by atoms with E-state index in [9.17, 15) is 13.5 Å². The van der Waals surface area contributed by atoms with Crippen molar-refractivity contribution in [3.63, 3.8) is 0 Å². The first kappa shape index (κ1) is 37.4. The van der Waals surface area contributed by atoms with Crippen molar-refractivity contribution < 1.29 is 55.0 Å². The van der Waals surface area contributed by atoms with E-state index in [1.54, 1.807) is 38.5 Å². The summed E-state index contributed by atoms with van der Waals surface area (Å²) in [6.45, 7) is 1.35. The monoisotopic (exact) mass is 716 g/mol. The molecule has 0 saturated carbocycles. The molecule has 2 aliphatic rings. The lowest BCUT2D eigenvalue weighted by Crippen LogP contribution is -2.22. The number of methoxy groups -OCH3 is 2. The van der Waals surface area contributed by atoms with E-state index in [2.05, 4.69) is 9.97 Å². The molecule has 272 valence electrons. The Hall–Kier alpha value is -3.83. The molecule has 2 aliphatic heterocycles. The number of nitrogens with zero attached hydrogens (tertiary/aromatic N) is 2. The topological polar surface area (TPSA) is 171 Å². The van der Waals surface area contributed by atoms with E-state index in [1.807, 2.05) is 24.3 Å². The van der Waals surface area contributed by atoms with Gasteiger partial charge in [0.15, 0.2) is 24.1 Å². The maximum atomic E-state index is 11.3. The zero-order chi connectivity index (χ0) is 35.3. The van der Waals surface area contributed by atoms with Gasteiger partial charge in [-0.05, 0) is 87.1 Å². The molecule has 6 rings (SSSR count). The average molecular weight is 717 g/mol. The Labute approximate surface area is 291 Å². The molecule has 0 spiro atoms. The van der Waals surface area contributed by atoms with Crippen LogP contribution in [0.4, 0.5) is 0 Å². The molecule has 2 aromatic carbocycles. The van der Waals surface area contributed by atoms with Crippen LogP contribution in [0, 0.1) is 0 Å². The molecule has 0 radical (unpaired) electrons. The molecule has 15 heteroatoms. The minimum absolute atomic E-state index is 0.121. The third-order valence-electron chi connectivity index (χ3n) is 7.87. The second-order valence-electron chi connectivity index (χ2n) is 11.6. The van der Waals surface area contributed by atoms with Gasteiger partial charge in [-0.15, -0.1) is 0 Å². The molecule has 1 N–H and O–H groups in total. The molecular weight excluding hydrogens is 672 g/mol. The summed E-state index contributed by atoms with van der Waals surface area (Å²) >= 11 is 0. The molecule has 14 nitrogen and oxygen atoms in total. The highest BCUT2D eigenvalue weighted by molar-refractivity contribution is 7.85. The highest BCUT2D eigenvalue weighted by Gasteiger charge is 2.21. The molecule has 0 bridgehead atoms. The minimum Gasteiger partial charge on any atom is -0.497 e. The third kappa shape index (κ3) is 11.1. The number of rotatable bonds is 14. The smallest absolute Gasteiger partial charge is 0.264 e. The number of ether oxygens (including phenoxy) is 6. The van der Waals surface area contributed by atoms with E-state index in [0.29, 0.717) is 47.0 Å². The number of oxazole rings is 2. The van der Waals surface area contributed by atoms with E-state index in [1.165, 1.54) is 0 Å². The van der Waals surface area contributed by atoms with Crippen LogP contribution in [0.25, 0.3) is 22.9 Å². The second-order valence-corrected chi connectivity index (χ2v) is 13.2. The molecule has 2 aromatic heterocycles. The first-order chi connectivity index (χ1) is 24.2. The minimum atomic E-state index is -3.60. The van der Waals surface area contributed by atoms with Gasteiger partial charge in [0.25, 0.3) is 10.1 Å². The average Bonchev–Trinajstić information content (AvgIpc) is 3.77. The number of aliphatic hydroxyl groups is 1. The van der Waals surface area contributed by atoms with Gasteiger partial charge in [0.2, 0.25) is 11.8 Å².